The van der Waals surface area contributed by atoms with Crippen LogP contribution in [0.5, 0.6) is 0 Å². The number of nitrogens with zero attached hydrogens (tertiary/aromatic N) is 1. The van der Waals surface area contributed by atoms with Gasteiger partial charge in [0.2, 0.25) is 0 Å². The summed E-state index contributed by atoms with van der Waals surface area (Å²) in [4.78, 5) is 0. The third kappa shape index (κ3) is 6.15. The number of halogens is 5. The number of aromatic nitrogens is 1. The lowest BCUT2D eigenvalue weighted by Crippen LogP contribution is -2.34. The summed E-state index contributed by atoms with van der Waals surface area (Å²) in [6, 6.07) is 7.76. The Kier molecular flexibility index (Phi) is 6.36. The van der Waals surface area contributed by atoms with Crippen LogP contribution in [0.15, 0.2) is 34.1 Å². The molecular weight excluding hydrogens is 373 g/mol. The number of rotatable bonds is 2. The van der Waals surface area contributed by atoms with Gasteiger partial charge in [-0.25, -0.2) is 0 Å². The predicted octanol–water partition coefficient (Wildman–Crippen LogP) is 4.03. The van der Waals surface area contributed by atoms with E-state index in [1.54, 1.807) is 11.3 Å². The quantitative estimate of drug-likeness (QED) is 0.471. The molecule has 2 rings (SSSR count). The van der Waals surface area contributed by atoms with E-state index in [-0.39, 0.29) is 0 Å². The molecule has 0 saturated heterocycles. The zero-order valence-corrected chi connectivity index (χ0v) is 13.6. The largest absolute Gasteiger partial charge is 0.673 e. The van der Waals surface area contributed by atoms with Gasteiger partial charge >= 0.3 is 7.25 Å². The minimum Gasteiger partial charge on any atom is -0.418 e. The lowest BCUT2D eigenvalue weighted by atomic mass is 10.1. The number of aryl methyl sites for hydroxylation is 1. The van der Waals surface area contributed by atoms with Crippen LogP contribution in [-0.2, 0) is 7.05 Å². The number of hydrogen-bond donors (Lipinski definition) is 1. The van der Waals surface area contributed by atoms with E-state index in [2.05, 4.69) is 21.3 Å². The first-order chi connectivity index (χ1) is 9.59. The Balaban J connectivity index is 0.000000383. The molecule has 0 bridgehead atoms. The van der Waals surface area contributed by atoms with Crippen LogP contribution in [0.2, 0.25) is 0 Å². The van der Waals surface area contributed by atoms with E-state index >= 15 is 0 Å². The molecule has 2 nitrogen and oxygen atoms in total. The molecule has 0 aliphatic carbocycles. The number of thiazole rings is 1. The highest BCUT2D eigenvalue weighted by Crippen LogP contribution is 2.24. The number of benzene rings is 1. The molecule has 1 aromatic heterocycles. The van der Waals surface area contributed by atoms with Gasteiger partial charge in [-0.1, -0.05) is 39.4 Å². The van der Waals surface area contributed by atoms with Crippen molar-refractivity contribution in [2.45, 2.75) is 13.0 Å². The molecule has 116 valence electrons. The van der Waals surface area contributed by atoms with Crippen molar-refractivity contribution < 1.29 is 26.9 Å². The first-order valence-corrected chi connectivity index (χ1v) is 7.51. The molecule has 2 aromatic rings. The van der Waals surface area contributed by atoms with Crippen LogP contribution >= 0.6 is 27.3 Å². The summed E-state index contributed by atoms with van der Waals surface area (Å²) in [5.74, 6) is 0. The van der Waals surface area contributed by atoms with Crippen LogP contribution in [0.4, 0.5) is 17.3 Å². The maximum atomic E-state index is 10.3. The van der Waals surface area contributed by atoms with E-state index in [9.17, 15) is 22.4 Å². The molecule has 0 fully saturated rings. The Bertz CT molecular complexity index is 582. The fourth-order valence-electron chi connectivity index (χ4n) is 1.51. The third-order valence-electron chi connectivity index (χ3n) is 2.63. The molecular formula is C12H13BBrF4NOS. The standard InChI is InChI=1S/C12H13BrNOS.BF4/c1-8-7-16-12(14(8)2)11(15)9-3-5-10(13)6-4-9;2-1(3,4)5/h3-7,11,15H,1-2H3;/q+1;-1. The monoisotopic (exact) mass is 385 g/mol. The van der Waals surface area contributed by atoms with Crippen LogP contribution in [0.25, 0.3) is 0 Å². The Hall–Kier alpha value is -0.925. The molecule has 0 saturated carbocycles. The normalized spacial score (nSPS) is 12.6. The van der Waals surface area contributed by atoms with Gasteiger partial charge in [-0.2, -0.15) is 4.57 Å². The fourth-order valence-corrected chi connectivity index (χ4v) is 2.79. The number of aliphatic hydroxyl groups excluding tert-OH is 1. The van der Waals surface area contributed by atoms with Crippen molar-refractivity contribution in [2.75, 3.05) is 0 Å². The maximum Gasteiger partial charge on any atom is 0.673 e. The van der Waals surface area contributed by atoms with Crippen LogP contribution in [0, 0.1) is 6.92 Å². The van der Waals surface area contributed by atoms with E-state index in [4.69, 9.17) is 0 Å². The average molecular weight is 386 g/mol. The van der Waals surface area contributed by atoms with Gasteiger partial charge in [-0.05, 0) is 17.7 Å². The maximum absolute atomic E-state index is 10.3. The van der Waals surface area contributed by atoms with E-state index in [1.807, 2.05) is 42.8 Å². The van der Waals surface area contributed by atoms with E-state index < -0.39 is 13.4 Å². The van der Waals surface area contributed by atoms with Gasteiger partial charge in [0.05, 0.1) is 5.38 Å². The second-order valence-corrected chi connectivity index (χ2v) is 6.03. The second-order valence-electron chi connectivity index (χ2n) is 4.22. The topological polar surface area (TPSA) is 24.1 Å². The van der Waals surface area contributed by atoms with Crippen molar-refractivity contribution in [3.8, 4) is 0 Å². The summed E-state index contributed by atoms with van der Waals surface area (Å²) < 4.78 is 42.0. The Morgan fingerprint density at radius 1 is 1.19 bits per heavy atom. The number of hydrogen-bond acceptors (Lipinski definition) is 2. The average Bonchev–Trinajstić information content (AvgIpc) is 2.68. The first kappa shape index (κ1) is 18.1. The van der Waals surface area contributed by atoms with Crippen LogP contribution < -0.4 is 4.57 Å². The fraction of sp³-hybridized carbons (Fsp3) is 0.250. The number of aliphatic hydroxyl groups is 1. The molecule has 1 unspecified atom stereocenters. The van der Waals surface area contributed by atoms with Crippen LogP contribution in [-0.4, -0.2) is 12.4 Å². The van der Waals surface area contributed by atoms with E-state index in [0.29, 0.717) is 0 Å². The van der Waals surface area contributed by atoms with Crippen molar-refractivity contribution in [1.29, 1.82) is 0 Å². The van der Waals surface area contributed by atoms with E-state index in [0.717, 1.165) is 20.7 Å². The third-order valence-corrected chi connectivity index (χ3v) is 4.36. The zero-order valence-electron chi connectivity index (χ0n) is 11.2. The zero-order chi connectivity index (χ0) is 16.2. The van der Waals surface area contributed by atoms with E-state index in [1.165, 1.54) is 0 Å². The lowest BCUT2D eigenvalue weighted by molar-refractivity contribution is -0.682. The predicted molar refractivity (Wildman–Crippen MR) is 78.6 cm³/mol. The van der Waals surface area contributed by atoms with Gasteiger partial charge in [-0.3, -0.25) is 0 Å². The molecule has 0 spiro atoms. The minimum absolute atomic E-state index is 0.545. The summed E-state index contributed by atoms with van der Waals surface area (Å²) in [5.41, 5.74) is 2.08. The van der Waals surface area contributed by atoms with Crippen molar-refractivity contribution >= 4 is 34.5 Å². The van der Waals surface area contributed by atoms with Gasteiger partial charge in [0.1, 0.15) is 7.05 Å². The molecule has 0 radical (unpaired) electrons. The molecule has 0 aliphatic rings. The Morgan fingerprint density at radius 2 is 1.67 bits per heavy atom. The summed E-state index contributed by atoms with van der Waals surface area (Å²) in [5, 5.41) is 13.3. The SMILES string of the molecule is Cc1csc(C(O)c2ccc(Br)cc2)[n+]1C.F[B-](F)(F)F. The van der Waals surface area contributed by atoms with Crippen molar-refractivity contribution in [2.24, 2.45) is 7.05 Å². The summed E-state index contributed by atoms with van der Waals surface area (Å²) in [6.07, 6.45) is -0.545. The molecule has 0 aliphatic heterocycles. The molecule has 1 aromatic carbocycles. The smallest absolute Gasteiger partial charge is 0.418 e. The van der Waals surface area contributed by atoms with Crippen molar-refractivity contribution in [3.63, 3.8) is 0 Å². The molecule has 0 amide bonds. The van der Waals surface area contributed by atoms with Crippen LogP contribution in [0.1, 0.15) is 22.4 Å². The minimum atomic E-state index is -6.00. The van der Waals surface area contributed by atoms with Gasteiger partial charge < -0.3 is 22.4 Å². The van der Waals surface area contributed by atoms with Crippen molar-refractivity contribution in [1.82, 2.24) is 0 Å². The summed E-state index contributed by atoms with van der Waals surface area (Å²) >= 11 is 4.97. The summed E-state index contributed by atoms with van der Waals surface area (Å²) in [6.45, 7) is 2.04. The van der Waals surface area contributed by atoms with Gasteiger partial charge in [0, 0.05) is 11.4 Å². The Morgan fingerprint density at radius 3 is 2.05 bits per heavy atom. The Labute approximate surface area is 132 Å². The van der Waals surface area contributed by atoms with Gasteiger partial charge in [0.25, 0.3) is 5.01 Å². The first-order valence-electron chi connectivity index (χ1n) is 5.84. The highest BCUT2D eigenvalue weighted by Gasteiger charge is 2.23. The highest BCUT2D eigenvalue weighted by atomic mass is 79.9. The highest BCUT2D eigenvalue weighted by molar-refractivity contribution is 9.10. The molecule has 9 heteroatoms. The second kappa shape index (κ2) is 7.37. The molecule has 1 N–H and O–H groups in total. The summed E-state index contributed by atoms with van der Waals surface area (Å²) in [7, 11) is -4.02. The van der Waals surface area contributed by atoms with Crippen molar-refractivity contribution in [3.05, 3.63) is 50.4 Å². The van der Waals surface area contributed by atoms with Gasteiger partial charge in [0.15, 0.2) is 11.8 Å². The molecule has 21 heavy (non-hydrogen) atoms. The van der Waals surface area contributed by atoms with Crippen LogP contribution in [0.3, 0.4) is 0 Å². The lowest BCUT2D eigenvalue weighted by Gasteiger charge is -2.06. The molecule has 1 atom stereocenters. The molecule has 1 heterocycles. The van der Waals surface area contributed by atoms with Gasteiger partial charge in [-0.15, -0.1) is 0 Å².